The molecule has 0 aromatic heterocycles. The first kappa shape index (κ1) is 16.3. The van der Waals surface area contributed by atoms with Gasteiger partial charge in [0, 0.05) is 10.6 Å². The van der Waals surface area contributed by atoms with Crippen LogP contribution in [-0.4, -0.2) is 18.0 Å². The quantitative estimate of drug-likeness (QED) is 0.609. The number of cyclic esters (lactones) is 1. The smallest absolute Gasteiger partial charge is 0.363 e. The van der Waals surface area contributed by atoms with Gasteiger partial charge in [-0.2, -0.15) is 0 Å². The van der Waals surface area contributed by atoms with Gasteiger partial charge in [0.1, 0.15) is 5.75 Å². The second-order valence-electron chi connectivity index (χ2n) is 5.58. The number of esters is 1. The molecule has 0 spiro atoms. The van der Waals surface area contributed by atoms with Gasteiger partial charge in [0.15, 0.2) is 5.70 Å². The number of hydrogen-bond donors (Lipinski definition) is 0. The maximum atomic E-state index is 12.0. The summed E-state index contributed by atoms with van der Waals surface area (Å²) in [7, 11) is 0. The molecule has 3 rings (SSSR count). The zero-order valence-corrected chi connectivity index (χ0v) is 14.1. The second kappa shape index (κ2) is 6.89. The number of benzene rings is 2. The number of aliphatic imine (C=N–C) groups is 1. The number of nitrogens with zero attached hydrogens (tertiary/aromatic N) is 1. The fraction of sp³-hybridized carbons (Fsp3) is 0.158. The molecule has 0 atom stereocenters. The third kappa shape index (κ3) is 3.84. The van der Waals surface area contributed by atoms with Gasteiger partial charge in [0.2, 0.25) is 5.90 Å². The van der Waals surface area contributed by atoms with E-state index in [9.17, 15) is 4.79 Å². The minimum absolute atomic E-state index is 0.116. The second-order valence-corrected chi connectivity index (χ2v) is 6.02. The summed E-state index contributed by atoms with van der Waals surface area (Å²) in [6, 6.07) is 14.4. The maximum absolute atomic E-state index is 12.0. The Kier molecular flexibility index (Phi) is 4.67. The lowest BCUT2D eigenvalue weighted by Crippen LogP contribution is -2.05. The lowest BCUT2D eigenvalue weighted by atomic mass is 10.2. The van der Waals surface area contributed by atoms with Gasteiger partial charge in [0.25, 0.3) is 0 Å². The first-order valence-corrected chi connectivity index (χ1v) is 7.94. The lowest BCUT2D eigenvalue weighted by molar-refractivity contribution is -0.129. The van der Waals surface area contributed by atoms with Crippen LogP contribution in [0.5, 0.6) is 5.75 Å². The van der Waals surface area contributed by atoms with Crippen molar-refractivity contribution in [3.8, 4) is 5.75 Å². The van der Waals surface area contributed by atoms with Crippen LogP contribution in [0.2, 0.25) is 5.02 Å². The van der Waals surface area contributed by atoms with Crippen molar-refractivity contribution in [2.45, 2.75) is 20.0 Å². The van der Waals surface area contributed by atoms with Crippen LogP contribution in [-0.2, 0) is 9.53 Å². The van der Waals surface area contributed by atoms with Crippen LogP contribution in [0.3, 0.4) is 0 Å². The van der Waals surface area contributed by atoms with E-state index in [1.165, 1.54) is 0 Å². The van der Waals surface area contributed by atoms with E-state index >= 15 is 0 Å². The summed E-state index contributed by atoms with van der Waals surface area (Å²) in [5.41, 5.74) is 1.81. The molecule has 0 saturated carbocycles. The summed E-state index contributed by atoms with van der Waals surface area (Å²) >= 11 is 5.86. The van der Waals surface area contributed by atoms with E-state index in [-0.39, 0.29) is 17.7 Å². The van der Waals surface area contributed by atoms with Gasteiger partial charge in [-0.05, 0) is 61.9 Å². The Hall–Kier alpha value is -2.59. The van der Waals surface area contributed by atoms with Crippen molar-refractivity contribution >= 4 is 29.5 Å². The largest absolute Gasteiger partial charge is 0.491 e. The zero-order valence-electron chi connectivity index (χ0n) is 13.3. The van der Waals surface area contributed by atoms with Gasteiger partial charge in [-0.1, -0.05) is 23.7 Å². The molecule has 0 fully saturated rings. The van der Waals surface area contributed by atoms with Gasteiger partial charge >= 0.3 is 5.97 Å². The van der Waals surface area contributed by atoms with E-state index in [1.54, 1.807) is 30.3 Å². The third-order valence-corrected chi connectivity index (χ3v) is 3.52. The van der Waals surface area contributed by atoms with E-state index in [0.717, 1.165) is 11.3 Å². The number of carbonyl (C=O) groups excluding carboxylic acids is 1. The molecule has 1 aliphatic rings. The van der Waals surface area contributed by atoms with E-state index in [4.69, 9.17) is 21.1 Å². The predicted octanol–water partition coefficient (Wildman–Crippen LogP) is 4.47. The minimum Gasteiger partial charge on any atom is -0.491 e. The molecule has 2 aromatic carbocycles. The number of halogens is 1. The Morgan fingerprint density at radius 3 is 2.38 bits per heavy atom. The first-order valence-electron chi connectivity index (χ1n) is 7.56. The highest BCUT2D eigenvalue weighted by atomic mass is 35.5. The molecule has 1 heterocycles. The van der Waals surface area contributed by atoms with Gasteiger partial charge in [-0.3, -0.25) is 0 Å². The summed E-state index contributed by atoms with van der Waals surface area (Å²) in [5, 5.41) is 0.614. The maximum Gasteiger partial charge on any atom is 0.363 e. The summed E-state index contributed by atoms with van der Waals surface area (Å²) in [4.78, 5) is 16.3. The molecule has 5 heteroatoms. The van der Waals surface area contributed by atoms with Gasteiger partial charge in [-0.15, -0.1) is 0 Å². The standard InChI is InChI=1S/C19H16ClNO3/c1-12(2)23-16-9-3-13(4-10-16)11-17-19(22)24-18(21-17)14-5-7-15(20)8-6-14/h3-12H,1-2H3/b17-11+. The Morgan fingerprint density at radius 1 is 1.08 bits per heavy atom. The molecule has 4 nitrogen and oxygen atoms in total. The Morgan fingerprint density at radius 2 is 1.75 bits per heavy atom. The fourth-order valence-corrected chi connectivity index (χ4v) is 2.32. The molecule has 0 amide bonds. The van der Waals surface area contributed by atoms with E-state index in [1.807, 2.05) is 38.1 Å². The number of hydrogen-bond acceptors (Lipinski definition) is 4. The molecule has 0 N–H and O–H groups in total. The van der Waals surface area contributed by atoms with Crippen LogP contribution in [0.1, 0.15) is 25.0 Å². The minimum atomic E-state index is -0.470. The molecule has 0 bridgehead atoms. The van der Waals surface area contributed by atoms with Crippen LogP contribution < -0.4 is 4.74 Å². The lowest BCUT2D eigenvalue weighted by Gasteiger charge is -2.09. The average Bonchev–Trinajstić information content (AvgIpc) is 2.90. The van der Waals surface area contributed by atoms with E-state index in [2.05, 4.69) is 4.99 Å². The molecular weight excluding hydrogens is 326 g/mol. The van der Waals surface area contributed by atoms with Crippen LogP contribution >= 0.6 is 11.6 Å². The molecule has 122 valence electrons. The zero-order chi connectivity index (χ0) is 17.1. The molecule has 1 aliphatic heterocycles. The monoisotopic (exact) mass is 341 g/mol. The van der Waals surface area contributed by atoms with Crippen molar-refractivity contribution < 1.29 is 14.3 Å². The highest BCUT2D eigenvalue weighted by molar-refractivity contribution is 6.30. The van der Waals surface area contributed by atoms with Crippen molar-refractivity contribution in [1.82, 2.24) is 0 Å². The first-order chi connectivity index (χ1) is 11.5. The average molecular weight is 342 g/mol. The normalized spacial score (nSPS) is 15.6. The van der Waals surface area contributed by atoms with Crippen LogP contribution in [0.4, 0.5) is 0 Å². The molecule has 0 unspecified atom stereocenters. The van der Waals surface area contributed by atoms with E-state index < -0.39 is 5.97 Å². The predicted molar refractivity (Wildman–Crippen MR) is 94.3 cm³/mol. The highest BCUT2D eigenvalue weighted by Gasteiger charge is 2.24. The third-order valence-electron chi connectivity index (χ3n) is 3.27. The van der Waals surface area contributed by atoms with Crippen molar-refractivity contribution in [2.24, 2.45) is 4.99 Å². The number of rotatable bonds is 4. The van der Waals surface area contributed by atoms with Crippen LogP contribution in [0.15, 0.2) is 59.2 Å². The van der Waals surface area contributed by atoms with Crippen LogP contribution in [0, 0.1) is 0 Å². The number of ether oxygens (including phenoxy) is 2. The van der Waals surface area contributed by atoms with Crippen molar-refractivity contribution in [3.05, 3.63) is 70.4 Å². The topological polar surface area (TPSA) is 47.9 Å². The molecular formula is C19H16ClNO3. The van der Waals surface area contributed by atoms with Crippen molar-refractivity contribution in [3.63, 3.8) is 0 Å². The molecule has 2 aromatic rings. The summed E-state index contributed by atoms with van der Waals surface area (Å²) in [6.45, 7) is 3.94. The Labute approximate surface area is 145 Å². The fourth-order valence-electron chi connectivity index (χ4n) is 2.20. The Bertz CT molecular complexity index is 806. The molecule has 0 saturated heterocycles. The van der Waals surface area contributed by atoms with Crippen molar-refractivity contribution in [1.29, 1.82) is 0 Å². The summed E-state index contributed by atoms with van der Waals surface area (Å²) < 4.78 is 10.8. The van der Waals surface area contributed by atoms with Crippen molar-refractivity contribution in [2.75, 3.05) is 0 Å². The van der Waals surface area contributed by atoms with Gasteiger partial charge in [-0.25, -0.2) is 9.79 Å². The summed E-state index contributed by atoms with van der Waals surface area (Å²) in [5.74, 6) is 0.594. The van der Waals surface area contributed by atoms with Gasteiger partial charge < -0.3 is 9.47 Å². The molecule has 24 heavy (non-hydrogen) atoms. The van der Waals surface area contributed by atoms with E-state index in [0.29, 0.717) is 10.6 Å². The Balaban J connectivity index is 1.81. The summed E-state index contributed by atoms with van der Waals surface area (Å²) in [6.07, 6.45) is 1.80. The SMILES string of the molecule is CC(C)Oc1ccc(/C=C2/N=C(c3ccc(Cl)cc3)OC2=O)cc1. The van der Waals surface area contributed by atoms with Crippen LogP contribution in [0.25, 0.3) is 6.08 Å². The highest BCUT2D eigenvalue weighted by Crippen LogP contribution is 2.21. The van der Waals surface area contributed by atoms with Gasteiger partial charge in [0.05, 0.1) is 6.10 Å². The molecule has 0 radical (unpaired) electrons. The molecule has 0 aliphatic carbocycles. The number of carbonyl (C=O) groups is 1.